The monoisotopic (exact) mass is 390 g/mol. The molecule has 150 valence electrons. The second-order valence-corrected chi connectivity index (χ2v) is 7.31. The van der Waals surface area contributed by atoms with Gasteiger partial charge in [0.2, 0.25) is 0 Å². The maximum atomic E-state index is 12.4. The summed E-state index contributed by atoms with van der Waals surface area (Å²) in [5.41, 5.74) is 2.83. The van der Waals surface area contributed by atoms with Crippen LogP contribution >= 0.6 is 0 Å². The third-order valence-corrected chi connectivity index (χ3v) is 5.31. The first-order valence-electron chi connectivity index (χ1n) is 10.1. The fraction of sp³-hybridized carbons (Fsp3) is 0.304. The molecule has 0 unspecified atom stereocenters. The van der Waals surface area contributed by atoms with E-state index in [4.69, 9.17) is 4.42 Å². The van der Waals surface area contributed by atoms with E-state index in [2.05, 4.69) is 20.5 Å². The summed E-state index contributed by atoms with van der Waals surface area (Å²) in [6, 6.07) is 16.1. The van der Waals surface area contributed by atoms with Crippen LogP contribution in [0.2, 0.25) is 0 Å². The Bertz CT molecular complexity index is 886. The molecule has 1 aliphatic heterocycles. The minimum Gasteiger partial charge on any atom is -0.468 e. The molecule has 3 aromatic rings. The first-order valence-corrected chi connectivity index (χ1v) is 10.1. The maximum absolute atomic E-state index is 12.4. The van der Waals surface area contributed by atoms with Crippen molar-refractivity contribution < 1.29 is 9.21 Å². The molecule has 6 nitrogen and oxygen atoms in total. The predicted octanol–water partition coefficient (Wildman–Crippen LogP) is 3.36. The molecule has 1 aliphatic rings. The third-order valence-electron chi connectivity index (χ3n) is 5.31. The molecule has 0 radical (unpaired) electrons. The summed E-state index contributed by atoms with van der Waals surface area (Å²) in [4.78, 5) is 18.8. The van der Waals surface area contributed by atoms with E-state index in [0.29, 0.717) is 18.2 Å². The van der Waals surface area contributed by atoms with Gasteiger partial charge in [-0.05, 0) is 60.9 Å². The van der Waals surface area contributed by atoms with E-state index in [0.717, 1.165) is 43.8 Å². The Labute approximate surface area is 170 Å². The molecule has 0 atom stereocenters. The van der Waals surface area contributed by atoms with Gasteiger partial charge in [0.1, 0.15) is 5.76 Å². The fourth-order valence-corrected chi connectivity index (χ4v) is 3.61. The minimum absolute atomic E-state index is 0.0683. The number of carbonyl (C=O) groups excluding carboxylic acids is 1. The van der Waals surface area contributed by atoms with Crippen molar-refractivity contribution in [3.63, 3.8) is 0 Å². The van der Waals surface area contributed by atoms with E-state index >= 15 is 0 Å². The molecule has 0 bridgehead atoms. The van der Waals surface area contributed by atoms with Crippen LogP contribution in [0.5, 0.6) is 0 Å². The van der Waals surface area contributed by atoms with E-state index in [9.17, 15) is 4.79 Å². The molecule has 2 aromatic heterocycles. The van der Waals surface area contributed by atoms with Crippen LogP contribution in [0.4, 0.5) is 5.69 Å². The lowest BCUT2D eigenvalue weighted by Crippen LogP contribution is -2.42. The number of nitrogens with zero attached hydrogens (tertiary/aromatic N) is 2. The minimum atomic E-state index is -0.0683. The lowest BCUT2D eigenvalue weighted by atomic mass is 10.0. The molecule has 0 spiro atoms. The van der Waals surface area contributed by atoms with Crippen molar-refractivity contribution in [2.45, 2.75) is 32.0 Å². The molecular formula is C23H26N4O2. The Morgan fingerprint density at radius 1 is 1.07 bits per heavy atom. The van der Waals surface area contributed by atoms with Crippen LogP contribution in [0.3, 0.4) is 0 Å². The van der Waals surface area contributed by atoms with Gasteiger partial charge in [0.05, 0.1) is 12.8 Å². The highest BCUT2D eigenvalue weighted by Gasteiger charge is 2.19. The lowest BCUT2D eigenvalue weighted by molar-refractivity contribution is 0.0951. The number of amides is 1. The highest BCUT2D eigenvalue weighted by molar-refractivity contribution is 5.94. The van der Waals surface area contributed by atoms with Crippen LogP contribution in [0.15, 0.2) is 71.6 Å². The highest BCUT2D eigenvalue weighted by atomic mass is 16.3. The van der Waals surface area contributed by atoms with E-state index < -0.39 is 0 Å². The van der Waals surface area contributed by atoms with Gasteiger partial charge < -0.3 is 20.0 Å². The Kier molecular flexibility index (Phi) is 6.22. The van der Waals surface area contributed by atoms with Crippen molar-refractivity contribution in [1.82, 2.24) is 15.6 Å². The Hall–Kier alpha value is -3.12. The second kappa shape index (κ2) is 9.39. The number of hydrogen-bond acceptors (Lipinski definition) is 5. The highest BCUT2D eigenvalue weighted by Crippen LogP contribution is 2.21. The van der Waals surface area contributed by atoms with Gasteiger partial charge in [-0.3, -0.25) is 9.78 Å². The van der Waals surface area contributed by atoms with Crippen LogP contribution < -0.4 is 15.5 Å². The molecule has 1 aromatic carbocycles. The van der Waals surface area contributed by atoms with Crippen molar-refractivity contribution in [2.75, 3.05) is 18.0 Å². The van der Waals surface area contributed by atoms with Gasteiger partial charge in [-0.2, -0.15) is 0 Å². The molecule has 0 aliphatic carbocycles. The van der Waals surface area contributed by atoms with Crippen LogP contribution in [0.25, 0.3) is 0 Å². The van der Waals surface area contributed by atoms with Crippen LogP contribution in [0.1, 0.15) is 34.5 Å². The van der Waals surface area contributed by atoms with Gasteiger partial charge in [-0.1, -0.05) is 6.07 Å². The van der Waals surface area contributed by atoms with Crippen LogP contribution in [-0.2, 0) is 13.1 Å². The number of nitrogens with one attached hydrogen (secondary N) is 2. The number of hydrogen-bond donors (Lipinski definition) is 2. The molecule has 0 saturated carbocycles. The number of piperidine rings is 1. The molecule has 1 fully saturated rings. The average Bonchev–Trinajstić information content (AvgIpc) is 3.31. The van der Waals surface area contributed by atoms with Crippen molar-refractivity contribution in [1.29, 1.82) is 0 Å². The second-order valence-electron chi connectivity index (χ2n) is 7.31. The zero-order chi connectivity index (χ0) is 19.9. The number of benzene rings is 1. The largest absolute Gasteiger partial charge is 0.468 e. The van der Waals surface area contributed by atoms with E-state index in [1.165, 1.54) is 5.69 Å². The SMILES string of the molecule is O=C(NCc1cccnc1)c1ccc(N2CCC(NCc3ccco3)CC2)cc1. The number of anilines is 1. The van der Waals surface area contributed by atoms with Crippen LogP contribution in [0, 0.1) is 0 Å². The number of carbonyl (C=O) groups is 1. The van der Waals surface area contributed by atoms with E-state index in [1.54, 1.807) is 18.7 Å². The fourth-order valence-electron chi connectivity index (χ4n) is 3.61. The third kappa shape index (κ3) is 5.23. The first-order chi connectivity index (χ1) is 14.3. The van der Waals surface area contributed by atoms with Crippen molar-refractivity contribution in [3.05, 3.63) is 84.1 Å². The average molecular weight is 390 g/mol. The van der Waals surface area contributed by atoms with Gasteiger partial charge in [-0.15, -0.1) is 0 Å². The summed E-state index contributed by atoms with van der Waals surface area (Å²) in [5.74, 6) is 0.908. The van der Waals surface area contributed by atoms with Gasteiger partial charge in [0.25, 0.3) is 5.91 Å². The number of aromatic nitrogens is 1. The molecule has 4 rings (SSSR count). The number of pyridine rings is 1. The summed E-state index contributed by atoms with van der Waals surface area (Å²) in [5, 5.41) is 6.51. The zero-order valence-electron chi connectivity index (χ0n) is 16.4. The Morgan fingerprint density at radius 3 is 2.59 bits per heavy atom. The van der Waals surface area contributed by atoms with Crippen molar-refractivity contribution in [2.24, 2.45) is 0 Å². The smallest absolute Gasteiger partial charge is 0.251 e. The summed E-state index contributed by atoms with van der Waals surface area (Å²) < 4.78 is 5.38. The Balaban J connectivity index is 1.24. The molecule has 6 heteroatoms. The van der Waals surface area contributed by atoms with Crippen molar-refractivity contribution >= 4 is 11.6 Å². The molecule has 1 amide bonds. The van der Waals surface area contributed by atoms with Gasteiger partial charge in [-0.25, -0.2) is 0 Å². The summed E-state index contributed by atoms with van der Waals surface area (Å²) >= 11 is 0. The molecule has 1 saturated heterocycles. The maximum Gasteiger partial charge on any atom is 0.251 e. The first kappa shape index (κ1) is 19.2. The van der Waals surface area contributed by atoms with E-state index in [1.807, 2.05) is 48.5 Å². The lowest BCUT2D eigenvalue weighted by Gasteiger charge is -2.34. The normalized spacial score (nSPS) is 14.7. The molecule has 29 heavy (non-hydrogen) atoms. The number of rotatable bonds is 7. The summed E-state index contributed by atoms with van der Waals surface area (Å²) in [7, 11) is 0. The van der Waals surface area contributed by atoms with Crippen molar-refractivity contribution in [3.8, 4) is 0 Å². The predicted molar refractivity (Wildman–Crippen MR) is 113 cm³/mol. The molecule has 3 heterocycles. The van der Waals surface area contributed by atoms with Gasteiger partial charge in [0.15, 0.2) is 0 Å². The van der Waals surface area contributed by atoms with E-state index in [-0.39, 0.29) is 5.91 Å². The summed E-state index contributed by atoms with van der Waals surface area (Å²) in [6.07, 6.45) is 7.38. The topological polar surface area (TPSA) is 70.4 Å². The summed E-state index contributed by atoms with van der Waals surface area (Å²) in [6.45, 7) is 3.26. The quantitative estimate of drug-likeness (QED) is 0.647. The van der Waals surface area contributed by atoms with Gasteiger partial charge in [0, 0.05) is 49.3 Å². The Morgan fingerprint density at radius 2 is 1.90 bits per heavy atom. The van der Waals surface area contributed by atoms with Gasteiger partial charge >= 0.3 is 0 Å². The number of furan rings is 1. The molecule has 2 N–H and O–H groups in total. The zero-order valence-corrected chi connectivity index (χ0v) is 16.4. The van der Waals surface area contributed by atoms with Crippen LogP contribution in [-0.4, -0.2) is 30.0 Å². The molecular weight excluding hydrogens is 364 g/mol. The standard InChI is InChI=1S/C23H26N4O2/c28-23(26-16-18-3-1-11-24-15-18)19-5-7-21(8-6-19)27-12-9-20(10-13-27)25-17-22-4-2-14-29-22/h1-8,11,14-15,20,25H,9-10,12-13,16-17H2,(H,26,28).